The summed E-state index contributed by atoms with van der Waals surface area (Å²) in [5.74, 6) is 0. The first-order chi connectivity index (χ1) is 8.31. The fourth-order valence-electron chi connectivity index (χ4n) is 2.49. The summed E-state index contributed by atoms with van der Waals surface area (Å²) >= 11 is 0. The predicted molar refractivity (Wildman–Crippen MR) is 71.2 cm³/mol. The first kappa shape index (κ1) is 12.6. The Kier molecular flexibility index (Phi) is 4.57. The largest absolute Gasteiger partial charge is 0.376 e. The highest BCUT2D eigenvalue weighted by atomic mass is 16.5. The number of ether oxygens (including phenoxy) is 1. The summed E-state index contributed by atoms with van der Waals surface area (Å²) in [5.41, 5.74) is 2.66. The average Bonchev–Trinajstić information content (AvgIpc) is 2.38. The van der Waals surface area contributed by atoms with Crippen molar-refractivity contribution in [3.05, 3.63) is 35.4 Å². The van der Waals surface area contributed by atoms with Crippen molar-refractivity contribution in [2.75, 3.05) is 13.2 Å². The summed E-state index contributed by atoms with van der Waals surface area (Å²) in [6.07, 6.45) is 4.01. The van der Waals surface area contributed by atoms with E-state index in [2.05, 4.69) is 43.4 Å². The fraction of sp³-hybridized carbons (Fsp3) is 0.600. The van der Waals surface area contributed by atoms with Gasteiger partial charge in [-0.2, -0.15) is 0 Å². The van der Waals surface area contributed by atoms with Gasteiger partial charge in [-0.1, -0.05) is 36.8 Å². The molecule has 0 amide bonds. The van der Waals surface area contributed by atoms with Crippen LogP contribution in [0.1, 0.15) is 43.4 Å². The molecule has 1 aliphatic rings. The van der Waals surface area contributed by atoms with Crippen molar-refractivity contribution in [1.82, 2.24) is 5.32 Å². The lowest BCUT2D eigenvalue weighted by Gasteiger charge is -2.31. The molecule has 0 radical (unpaired) electrons. The van der Waals surface area contributed by atoms with Gasteiger partial charge in [0.1, 0.15) is 0 Å². The van der Waals surface area contributed by atoms with Crippen LogP contribution in [-0.2, 0) is 4.74 Å². The van der Waals surface area contributed by atoms with Crippen molar-refractivity contribution in [3.63, 3.8) is 0 Å². The number of nitrogens with one attached hydrogen (secondary N) is 1. The molecule has 1 aromatic carbocycles. The van der Waals surface area contributed by atoms with E-state index in [1.54, 1.807) is 0 Å². The second kappa shape index (κ2) is 6.18. The first-order valence-corrected chi connectivity index (χ1v) is 6.73. The van der Waals surface area contributed by atoms with Gasteiger partial charge in [0.15, 0.2) is 0 Å². The van der Waals surface area contributed by atoms with Gasteiger partial charge in [0, 0.05) is 6.61 Å². The average molecular weight is 233 g/mol. The van der Waals surface area contributed by atoms with E-state index in [0.717, 1.165) is 13.2 Å². The Morgan fingerprint density at radius 1 is 1.29 bits per heavy atom. The molecule has 17 heavy (non-hydrogen) atoms. The van der Waals surface area contributed by atoms with Gasteiger partial charge in [-0.15, -0.1) is 0 Å². The molecule has 1 saturated heterocycles. The van der Waals surface area contributed by atoms with E-state index >= 15 is 0 Å². The maximum absolute atomic E-state index is 5.91. The van der Waals surface area contributed by atoms with Gasteiger partial charge in [0.05, 0.1) is 12.1 Å². The van der Waals surface area contributed by atoms with Crippen LogP contribution in [0.5, 0.6) is 0 Å². The molecule has 1 N–H and O–H groups in total. The predicted octanol–water partition coefficient (Wildman–Crippen LogP) is 3.21. The third kappa shape index (κ3) is 3.30. The van der Waals surface area contributed by atoms with E-state index < -0.39 is 0 Å². The summed E-state index contributed by atoms with van der Waals surface area (Å²) in [4.78, 5) is 0. The van der Waals surface area contributed by atoms with Crippen LogP contribution in [0.15, 0.2) is 24.3 Å². The molecule has 0 aliphatic carbocycles. The number of hydrogen-bond acceptors (Lipinski definition) is 2. The van der Waals surface area contributed by atoms with Crippen molar-refractivity contribution < 1.29 is 4.74 Å². The molecule has 2 unspecified atom stereocenters. The second-order valence-electron chi connectivity index (χ2n) is 4.85. The molecule has 2 atom stereocenters. The van der Waals surface area contributed by atoms with Crippen LogP contribution >= 0.6 is 0 Å². The zero-order chi connectivity index (χ0) is 12.1. The van der Waals surface area contributed by atoms with Crippen molar-refractivity contribution in [2.45, 2.75) is 45.3 Å². The molecule has 1 aliphatic heterocycles. The molecule has 2 heteroatoms. The van der Waals surface area contributed by atoms with E-state index in [-0.39, 0.29) is 0 Å². The van der Waals surface area contributed by atoms with Crippen LogP contribution in [-0.4, -0.2) is 19.3 Å². The van der Waals surface area contributed by atoms with Crippen LogP contribution in [0.2, 0.25) is 0 Å². The molecular formula is C15H23NO. The molecule has 0 bridgehead atoms. The van der Waals surface area contributed by atoms with Gasteiger partial charge in [-0.25, -0.2) is 0 Å². The minimum atomic E-state index is 0.339. The monoisotopic (exact) mass is 233 g/mol. The highest BCUT2D eigenvalue weighted by Crippen LogP contribution is 2.26. The summed E-state index contributed by atoms with van der Waals surface area (Å²) < 4.78 is 5.91. The van der Waals surface area contributed by atoms with Crippen LogP contribution in [0, 0.1) is 6.92 Å². The summed E-state index contributed by atoms with van der Waals surface area (Å²) in [6, 6.07) is 9.16. The Labute approximate surface area is 104 Å². The molecule has 94 valence electrons. The quantitative estimate of drug-likeness (QED) is 0.862. The van der Waals surface area contributed by atoms with Crippen LogP contribution < -0.4 is 5.32 Å². The normalized spacial score (nSPS) is 22.4. The summed E-state index contributed by atoms with van der Waals surface area (Å²) in [7, 11) is 0. The summed E-state index contributed by atoms with van der Waals surface area (Å²) in [5, 5.41) is 3.56. The molecule has 2 nitrogen and oxygen atoms in total. The maximum Gasteiger partial charge on any atom is 0.0769 e. The van der Waals surface area contributed by atoms with E-state index in [1.807, 2.05) is 0 Å². The number of rotatable bonds is 4. The molecule has 0 saturated carbocycles. The maximum atomic E-state index is 5.91. The molecular weight excluding hydrogens is 210 g/mol. The van der Waals surface area contributed by atoms with Crippen molar-refractivity contribution in [3.8, 4) is 0 Å². The van der Waals surface area contributed by atoms with Crippen molar-refractivity contribution >= 4 is 0 Å². The Hall–Kier alpha value is -0.860. The smallest absolute Gasteiger partial charge is 0.0769 e. The highest BCUT2D eigenvalue weighted by Gasteiger charge is 2.24. The van der Waals surface area contributed by atoms with Gasteiger partial charge < -0.3 is 10.1 Å². The highest BCUT2D eigenvalue weighted by molar-refractivity contribution is 5.25. The zero-order valence-corrected chi connectivity index (χ0v) is 10.9. The van der Waals surface area contributed by atoms with Gasteiger partial charge >= 0.3 is 0 Å². The van der Waals surface area contributed by atoms with E-state index in [9.17, 15) is 0 Å². The standard InChI is InChI=1S/C15H23NO/c1-3-16-15(14-6-4-5-11-17-14)13-9-7-12(2)8-10-13/h7-10,14-16H,3-6,11H2,1-2H3. The van der Waals surface area contributed by atoms with Crippen LogP contribution in [0.25, 0.3) is 0 Å². The summed E-state index contributed by atoms with van der Waals surface area (Å²) in [6.45, 7) is 6.18. The van der Waals surface area contributed by atoms with Gasteiger partial charge in [-0.3, -0.25) is 0 Å². The Balaban J connectivity index is 2.12. The second-order valence-corrected chi connectivity index (χ2v) is 4.85. The SMILES string of the molecule is CCNC(c1ccc(C)cc1)C1CCCCO1. The number of benzene rings is 1. The molecule has 0 spiro atoms. The van der Waals surface area contributed by atoms with E-state index in [0.29, 0.717) is 12.1 Å². The minimum Gasteiger partial charge on any atom is -0.376 e. The Bertz CT molecular complexity index is 327. The Morgan fingerprint density at radius 2 is 2.06 bits per heavy atom. The topological polar surface area (TPSA) is 21.3 Å². The zero-order valence-electron chi connectivity index (χ0n) is 10.9. The number of aryl methyl sites for hydroxylation is 1. The van der Waals surface area contributed by atoms with Crippen LogP contribution in [0.3, 0.4) is 0 Å². The first-order valence-electron chi connectivity index (χ1n) is 6.73. The third-order valence-electron chi connectivity index (χ3n) is 3.45. The lowest BCUT2D eigenvalue weighted by molar-refractivity contribution is -0.00786. The molecule has 1 aromatic rings. The number of likely N-dealkylation sites (N-methyl/N-ethyl adjacent to an activating group) is 1. The van der Waals surface area contributed by atoms with Gasteiger partial charge in [-0.05, 0) is 38.3 Å². The molecule has 1 heterocycles. The van der Waals surface area contributed by atoms with Gasteiger partial charge in [0.25, 0.3) is 0 Å². The van der Waals surface area contributed by atoms with E-state index in [4.69, 9.17) is 4.74 Å². The molecule has 2 rings (SSSR count). The van der Waals surface area contributed by atoms with Crippen molar-refractivity contribution in [1.29, 1.82) is 0 Å². The minimum absolute atomic E-state index is 0.339. The van der Waals surface area contributed by atoms with Crippen molar-refractivity contribution in [2.24, 2.45) is 0 Å². The molecule has 0 aromatic heterocycles. The van der Waals surface area contributed by atoms with E-state index in [1.165, 1.54) is 30.4 Å². The lowest BCUT2D eigenvalue weighted by Crippen LogP contribution is -2.35. The fourth-order valence-corrected chi connectivity index (χ4v) is 2.49. The van der Waals surface area contributed by atoms with Crippen LogP contribution in [0.4, 0.5) is 0 Å². The van der Waals surface area contributed by atoms with Gasteiger partial charge in [0.2, 0.25) is 0 Å². The number of hydrogen-bond donors (Lipinski definition) is 1. The third-order valence-corrected chi connectivity index (χ3v) is 3.45. The molecule has 1 fully saturated rings. The lowest BCUT2D eigenvalue weighted by atomic mass is 9.95. The Morgan fingerprint density at radius 3 is 2.65 bits per heavy atom.